The summed E-state index contributed by atoms with van der Waals surface area (Å²) in [5.41, 5.74) is 0.437. The van der Waals surface area contributed by atoms with Gasteiger partial charge in [0.15, 0.2) is 6.10 Å². The van der Waals surface area contributed by atoms with Crippen LogP contribution >= 0.6 is 0 Å². The second-order valence-electron chi connectivity index (χ2n) is 5.96. The third kappa shape index (κ3) is 3.40. The van der Waals surface area contributed by atoms with Crippen molar-refractivity contribution in [3.63, 3.8) is 0 Å². The molecule has 1 fully saturated rings. The second kappa shape index (κ2) is 7.18. The van der Waals surface area contributed by atoms with Crippen molar-refractivity contribution in [1.29, 1.82) is 5.26 Å². The minimum absolute atomic E-state index is 0.0486. The number of imidazole rings is 1. The molecule has 6 heteroatoms. The minimum Gasteiger partial charge on any atom is -0.480 e. The first-order valence-corrected chi connectivity index (χ1v) is 8.11. The van der Waals surface area contributed by atoms with Crippen molar-refractivity contribution in [2.75, 3.05) is 13.1 Å². The molecule has 24 heavy (non-hydrogen) atoms. The van der Waals surface area contributed by atoms with Crippen LogP contribution in [0.2, 0.25) is 0 Å². The molecule has 1 saturated heterocycles. The molecule has 6 nitrogen and oxygen atoms in total. The average molecular weight is 324 g/mol. The van der Waals surface area contributed by atoms with Crippen LogP contribution in [0.25, 0.3) is 0 Å². The molecule has 2 aromatic rings. The minimum atomic E-state index is -0.624. The maximum absolute atomic E-state index is 12.7. The predicted octanol–water partition coefficient (Wildman–Crippen LogP) is 2.39. The first kappa shape index (κ1) is 16.1. The van der Waals surface area contributed by atoms with E-state index in [0.717, 1.165) is 19.4 Å². The third-order valence-electron chi connectivity index (χ3n) is 4.31. The van der Waals surface area contributed by atoms with Crippen LogP contribution in [0.3, 0.4) is 0 Å². The zero-order chi connectivity index (χ0) is 16.9. The SMILES string of the molecule is C[C@H](Oc1ccccc1C#N)C(=O)N1CCC[C@@H](n2ccnc2)C1. The largest absolute Gasteiger partial charge is 0.480 e. The quantitative estimate of drug-likeness (QED) is 0.866. The van der Waals surface area contributed by atoms with E-state index >= 15 is 0 Å². The van der Waals surface area contributed by atoms with Crippen LogP contribution in [0.5, 0.6) is 5.75 Å². The van der Waals surface area contributed by atoms with Gasteiger partial charge in [0.2, 0.25) is 0 Å². The van der Waals surface area contributed by atoms with Gasteiger partial charge in [0, 0.05) is 25.5 Å². The Morgan fingerprint density at radius 2 is 2.29 bits per heavy atom. The van der Waals surface area contributed by atoms with Crippen molar-refractivity contribution >= 4 is 5.91 Å². The molecule has 0 spiro atoms. The lowest BCUT2D eigenvalue weighted by Gasteiger charge is -2.34. The van der Waals surface area contributed by atoms with Gasteiger partial charge in [-0.25, -0.2) is 4.98 Å². The maximum Gasteiger partial charge on any atom is 0.263 e. The molecule has 3 rings (SSSR count). The Labute approximate surface area is 141 Å². The van der Waals surface area contributed by atoms with Crippen LogP contribution in [-0.4, -0.2) is 39.6 Å². The fourth-order valence-corrected chi connectivity index (χ4v) is 3.04. The van der Waals surface area contributed by atoms with Crippen molar-refractivity contribution in [1.82, 2.24) is 14.5 Å². The highest BCUT2D eigenvalue weighted by atomic mass is 16.5. The number of nitrogens with zero attached hydrogens (tertiary/aromatic N) is 4. The van der Waals surface area contributed by atoms with Gasteiger partial charge in [0.05, 0.1) is 17.9 Å². The van der Waals surface area contributed by atoms with E-state index in [-0.39, 0.29) is 11.9 Å². The van der Waals surface area contributed by atoms with Crippen molar-refractivity contribution < 1.29 is 9.53 Å². The van der Waals surface area contributed by atoms with Crippen LogP contribution in [-0.2, 0) is 4.79 Å². The van der Waals surface area contributed by atoms with E-state index in [1.165, 1.54) is 0 Å². The molecule has 0 N–H and O–H groups in total. The van der Waals surface area contributed by atoms with E-state index in [2.05, 4.69) is 15.6 Å². The summed E-state index contributed by atoms with van der Waals surface area (Å²) in [5, 5.41) is 9.12. The highest BCUT2D eigenvalue weighted by molar-refractivity contribution is 5.81. The Balaban J connectivity index is 1.66. The summed E-state index contributed by atoms with van der Waals surface area (Å²) in [5.74, 6) is 0.400. The van der Waals surface area contributed by atoms with Gasteiger partial charge in [0.1, 0.15) is 11.8 Å². The summed E-state index contributed by atoms with van der Waals surface area (Å²) in [4.78, 5) is 18.6. The summed E-state index contributed by atoms with van der Waals surface area (Å²) in [6.45, 7) is 3.12. The van der Waals surface area contributed by atoms with Gasteiger partial charge >= 0.3 is 0 Å². The van der Waals surface area contributed by atoms with Crippen molar-refractivity contribution in [3.05, 3.63) is 48.5 Å². The van der Waals surface area contributed by atoms with Crippen LogP contribution < -0.4 is 4.74 Å². The zero-order valence-electron chi connectivity index (χ0n) is 13.6. The smallest absolute Gasteiger partial charge is 0.263 e. The number of carbonyl (C=O) groups is 1. The molecule has 1 aliphatic rings. The number of aromatic nitrogens is 2. The molecule has 0 saturated carbocycles. The summed E-state index contributed by atoms with van der Waals surface area (Å²) in [7, 11) is 0. The molecule has 0 radical (unpaired) electrons. The average Bonchev–Trinajstić information content (AvgIpc) is 3.16. The molecule has 0 bridgehead atoms. The standard InChI is InChI=1S/C18H20N4O2/c1-14(24-17-7-3-2-5-15(17)11-19)18(23)21-9-4-6-16(12-21)22-10-8-20-13-22/h2-3,5,7-8,10,13-14,16H,4,6,9,12H2,1H3/t14-,16+/m0/s1. The number of benzene rings is 1. The fraction of sp³-hybridized carbons (Fsp3) is 0.389. The van der Waals surface area contributed by atoms with Gasteiger partial charge in [0.25, 0.3) is 5.91 Å². The Kier molecular flexibility index (Phi) is 4.80. The van der Waals surface area contributed by atoms with Crippen LogP contribution in [0, 0.1) is 11.3 Å². The number of hydrogen-bond donors (Lipinski definition) is 0. The molecular weight excluding hydrogens is 304 g/mol. The number of para-hydroxylation sites is 1. The van der Waals surface area contributed by atoms with E-state index in [9.17, 15) is 4.79 Å². The predicted molar refractivity (Wildman–Crippen MR) is 88.3 cm³/mol. The van der Waals surface area contributed by atoms with Crippen LogP contribution in [0.1, 0.15) is 31.4 Å². The number of ether oxygens (including phenoxy) is 1. The fourth-order valence-electron chi connectivity index (χ4n) is 3.04. The monoisotopic (exact) mass is 324 g/mol. The van der Waals surface area contributed by atoms with E-state index in [1.807, 2.05) is 11.1 Å². The van der Waals surface area contributed by atoms with Gasteiger partial charge < -0.3 is 14.2 Å². The lowest BCUT2D eigenvalue weighted by Crippen LogP contribution is -2.46. The molecule has 2 atom stereocenters. The summed E-state index contributed by atoms with van der Waals surface area (Å²) >= 11 is 0. The molecule has 0 aliphatic carbocycles. The van der Waals surface area contributed by atoms with E-state index in [1.54, 1.807) is 43.7 Å². The first-order valence-electron chi connectivity index (χ1n) is 8.11. The molecule has 1 amide bonds. The molecule has 1 aromatic carbocycles. The van der Waals surface area contributed by atoms with Gasteiger partial charge in [-0.2, -0.15) is 5.26 Å². The number of rotatable bonds is 4. The van der Waals surface area contributed by atoms with Gasteiger partial charge in [-0.3, -0.25) is 4.79 Å². The zero-order valence-corrected chi connectivity index (χ0v) is 13.6. The van der Waals surface area contributed by atoms with Crippen LogP contribution in [0.15, 0.2) is 43.0 Å². The van der Waals surface area contributed by atoms with Crippen molar-refractivity contribution in [2.45, 2.75) is 31.9 Å². The van der Waals surface area contributed by atoms with Crippen molar-refractivity contribution in [3.8, 4) is 11.8 Å². The first-order chi connectivity index (χ1) is 11.7. The number of amides is 1. The molecule has 1 aromatic heterocycles. The number of nitriles is 1. The van der Waals surface area contributed by atoms with E-state index < -0.39 is 6.10 Å². The summed E-state index contributed by atoms with van der Waals surface area (Å²) in [6, 6.07) is 9.31. The Bertz CT molecular complexity index is 736. The molecule has 0 unspecified atom stereocenters. The van der Waals surface area contributed by atoms with Crippen LogP contribution in [0.4, 0.5) is 0 Å². The van der Waals surface area contributed by atoms with E-state index in [0.29, 0.717) is 17.9 Å². The Morgan fingerprint density at radius 1 is 1.46 bits per heavy atom. The van der Waals surface area contributed by atoms with Crippen molar-refractivity contribution in [2.24, 2.45) is 0 Å². The second-order valence-corrected chi connectivity index (χ2v) is 5.96. The van der Waals surface area contributed by atoms with Gasteiger partial charge in [-0.05, 0) is 31.9 Å². The molecule has 1 aliphatic heterocycles. The summed E-state index contributed by atoms with van der Waals surface area (Å²) in [6.07, 6.45) is 6.85. The number of hydrogen-bond acceptors (Lipinski definition) is 4. The third-order valence-corrected chi connectivity index (χ3v) is 4.31. The number of likely N-dealkylation sites (tertiary alicyclic amines) is 1. The summed E-state index contributed by atoms with van der Waals surface area (Å²) < 4.78 is 7.80. The molecular formula is C18H20N4O2. The highest BCUT2D eigenvalue weighted by Gasteiger charge is 2.28. The number of piperidine rings is 1. The Hall–Kier alpha value is -2.81. The van der Waals surface area contributed by atoms with Gasteiger partial charge in [-0.1, -0.05) is 12.1 Å². The normalized spacial score (nSPS) is 18.7. The van der Waals surface area contributed by atoms with E-state index in [4.69, 9.17) is 10.00 Å². The topological polar surface area (TPSA) is 71.2 Å². The lowest BCUT2D eigenvalue weighted by atomic mass is 10.0. The molecule has 2 heterocycles. The lowest BCUT2D eigenvalue weighted by molar-refractivity contribution is -0.139. The molecule has 124 valence electrons. The highest BCUT2D eigenvalue weighted by Crippen LogP contribution is 2.23. The van der Waals surface area contributed by atoms with Gasteiger partial charge in [-0.15, -0.1) is 0 Å². The number of carbonyl (C=O) groups excluding carboxylic acids is 1. The maximum atomic E-state index is 12.7. The Morgan fingerprint density at radius 3 is 3.04 bits per heavy atom.